The highest BCUT2D eigenvalue weighted by atomic mass is 35.5. The fourth-order valence-corrected chi connectivity index (χ4v) is 2.41. The highest BCUT2D eigenvalue weighted by Gasteiger charge is 2.16. The van der Waals surface area contributed by atoms with E-state index in [2.05, 4.69) is 45.1 Å². The molecule has 1 aromatic carbocycles. The lowest BCUT2D eigenvalue weighted by atomic mass is 9.95. The first-order valence-corrected chi connectivity index (χ1v) is 8.36. The Bertz CT molecular complexity index is 400. The molecule has 0 fully saturated rings. The van der Waals surface area contributed by atoms with Gasteiger partial charge in [0.05, 0.1) is 0 Å². The van der Waals surface area contributed by atoms with Crippen LogP contribution in [0.5, 0.6) is 0 Å². The highest BCUT2D eigenvalue weighted by molar-refractivity contribution is 6.31. The molecule has 3 heteroatoms. The Morgan fingerprint density at radius 1 is 1.19 bits per heavy atom. The number of ether oxygens (including phenoxy) is 1. The van der Waals surface area contributed by atoms with E-state index in [9.17, 15) is 0 Å². The molecule has 0 aliphatic rings. The van der Waals surface area contributed by atoms with Gasteiger partial charge in [0.25, 0.3) is 0 Å². The van der Waals surface area contributed by atoms with E-state index in [0.29, 0.717) is 5.92 Å². The van der Waals surface area contributed by atoms with Crippen LogP contribution in [0.3, 0.4) is 0 Å². The van der Waals surface area contributed by atoms with Crippen LogP contribution in [0.15, 0.2) is 24.3 Å². The van der Waals surface area contributed by atoms with Crippen LogP contribution in [-0.4, -0.2) is 25.3 Å². The van der Waals surface area contributed by atoms with Crippen molar-refractivity contribution >= 4 is 11.6 Å². The average Bonchev–Trinajstić information content (AvgIpc) is 2.42. The van der Waals surface area contributed by atoms with Crippen molar-refractivity contribution in [3.05, 3.63) is 34.9 Å². The Balaban J connectivity index is 2.56. The van der Waals surface area contributed by atoms with Crippen molar-refractivity contribution in [2.45, 2.75) is 52.5 Å². The number of hydrogen-bond donors (Lipinski definition) is 1. The zero-order chi connectivity index (χ0) is 15.7. The Labute approximate surface area is 135 Å². The van der Waals surface area contributed by atoms with Gasteiger partial charge in [-0.15, -0.1) is 0 Å². The van der Waals surface area contributed by atoms with E-state index in [1.54, 1.807) is 0 Å². The molecule has 1 unspecified atom stereocenters. The van der Waals surface area contributed by atoms with Crippen LogP contribution >= 0.6 is 11.6 Å². The molecule has 1 atom stereocenters. The molecule has 21 heavy (non-hydrogen) atoms. The summed E-state index contributed by atoms with van der Waals surface area (Å²) in [5.41, 5.74) is 1.37. The summed E-state index contributed by atoms with van der Waals surface area (Å²) in [6.45, 7) is 11.4. The van der Waals surface area contributed by atoms with Gasteiger partial charge in [-0.05, 0) is 64.1 Å². The maximum absolute atomic E-state index is 6.29. The molecule has 0 radical (unpaired) electrons. The number of rotatable bonds is 9. The van der Waals surface area contributed by atoms with Crippen molar-refractivity contribution in [3.8, 4) is 0 Å². The molecule has 120 valence electrons. The minimum Gasteiger partial charge on any atom is -0.381 e. The molecular formula is C18H30ClNO. The zero-order valence-corrected chi connectivity index (χ0v) is 14.7. The molecule has 2 nitrogen and oxygen atoms in total. The standard InChI is InChI=1S/C18H30ClNO/c1-5-11-21-12-10-15(14-20-18(2,3)4)13-16-8-6-7-9-17(16)19/h6-9,15,20H,5,10-14H2,1-4H3. The van der Waals surface area contributed by atoms with Gasteiger partial charge in [0.1, 0.15) is 0 Å². The lowest BCUT2D eigenvalue weighted by Crippen LogP contribution is -2.39. The molecular weight excluding hydrogens is 282 g/mol. The Morgan fingerprint density at radius 3 is 2.52 bits per heavy atom. The second-order valence-corrected chi connectivity index (χ2v) is 7.10. The first-order chi connectivity index (χ1) is 9.92. The summed E-state index contributed by atoms with van der Waals surface area (Å²) < 4.78 is 5.65. The maximum Gasteiger partial charge on any atom is 0.0469 e. The van der Waals surface area contributed by atoms with E-state index in [4.69, 9.17) is 16.3 Å². The Kier molecular flexibility index (Phi) is 8.31. The van der Waals surface area contributed by atoms with Crippen LogP contribution < -0.4 is 5.32 Å². The van der Waals surface area contributed by atoms with E-state index in [1.165, 1.54) is 5.56 Å². The van der Waals surface area contributed by atoms with Crippen LogP contribution in [0.25, 0.3) is 0 Å². The third-order valence-corrected chi connectivity index (χ3v) is 3.78. The van der Waals surface area contributed by atoms with Crippen LogP contribution in [-0.2, 0) is 11.2 Å². The van der Waals surface area contributed by atoms with Crippen molar-refractivity contribution in [3.63, 3.8) is 0 Å². The van der Waals surface area contributed by atoms with Crippen LogP contribution in [0, 0.1) is 5.92 Å². The Morgan fingerprint density at radius 2 is 1.90 bits per heavy atom. The molecule has 1 aromatic rings. The Hall–Kier alpha value is -0.570. The summed E-state index contributed by atoms with van der Waals surface area (Å²) in [4.78, 5) is 0. The van der Waals surface area contributed by atoms with Crippen LogP contribution in [0.4, 0.5) is 0 Å². The minimum atomic E-state index is 0.142. The fraction of sp³-hybridized carbons (Fsp3) is 0.667. The minimum absolute atomic E-state index is 0.142. The molecule has 0 saturated heterocycles. The molecule has 0 aliphatic heterocycles. The zero-order valence-electron chi connectivity index (χ0n) is 13.9. The summed E-state index contributed by atoms with van der Waals surface area (Å²) >= 11 is 6.29. The number of halogens is 1. The van der Waals surface area contributed by atoms with E-state index in [0.717, 1.165) is 44.0 Å². The lowest BCUT2D eigenvalue weighted by Gasteiger charge is -2.25. The maximum atomic E-state index is 6.29. The van der Waals surface area contributed by atoms with Crippen LogP contribution in [0.2, 0.25) is 5.02 Å². The van der Waals surface area contributed by atoms with Gasteiger partial charge in [0, 0.05) is 23.8 Å². The predicted molar refractivity (Wildman–Crippen MR) is 92.1 cm³/mol. The van der Waals surface area contributed by atoms with Gasteiger partial charge in [-0.3, -0.25) is 0 Å². The largest absolute Gasteiger partial charge is 0.381 e. The third-order valence-electron chi connectivity index (χ3n) is 3.41. The number of benzene rings is 1. The van der Waals surface area contributed by atoms with Crippen molar-refractivity contribution in [1.82, 2.24) is 5.32 Å². The molecule has 0 amide bonds. The predicted octanol–water partition coefficient (Wildman–Crippen LogP) is 4.70. The van der Waals surface area contributed by atoms with Gasteiger partial charge in [-0.1, -0.05) is 36.7 Å². The van der Waals surface area contributed by atoms with Crippen molar-refractivity contribution < 1.29 is 4.74 Å². The highest BCUT2D eigenvalue weighted by Crippen LogP contribution is 2.20. The van der Waals surface area contributed by atoms with Crippen molar-refractivity contribution in [2.24, 2.45) is 5.92 Å². The summed E-state index contributed by atoms with van der Waals surface area (Å²) in [5.74, 6) is 0.543. The summed E-state index contributed by atoms with van der Waals surface area (Å²) in [6.07, 6.45) is 3.14. The smallest absolute Gasteiger partial charge is 0.0469 e. The average molecular weight is 312 g/mol. The second-order valence-electron chi connectivity index (χ2n) is 6.69. The summed E-state index contributed by atoms with van der Waals surface area (Å²) in [5, 5.41) is 4.47. The van der Waals surface area contributed by atoms with Gasteiger partial charge in [-0.2, -0.15) is 0 Å². The molecule has 0 bridgehead atoms. The van der Waals surface area contributed by atoms with Crippen molar-refractivity contribution in [2.75, 3.05) is 19.8 Å². The normalized spacial score (nSPS) is 13.4. The molecule has 1 rings (SSSR count). The third kappa shape index (κ3) is 8.45. The van der Waals surface area contributed by atoms with Gasteiger partial charge in [0.15, 0.2) is 0 Å². The lowest BCUT2D eigenvalue weighted by molar-refractivity contribution is 0.119. The summed E-state index contributed by atoms with van der Waals surface area (Å²) in [6, 6.07) is 8.14. The first kappa shape index (κ1) is 18.5. The van der Waals surface area contributed by atoms with Gasteiger partial charge >= 0.3 is 0 Å². The molecule has 0 spiro atoms. The quantitative estimate of drug-likeness (QED) is 0.667. The van der Waals surface area contributed by atoms with Gasteiger partial charge < -0.3 is 10.1 Å². The second kappa shape index (κ2) is 9.45. The number of nitrogens with one attached hydrogen (secondary N) is 1. The molecule has 0 heterocycles. The monoisotopic (exact) mass is 311 g/mol. The van der Waals surface area contributed by atoms with Gasteiger partial charge in [0.2, 0.25) is 0 Å². The SMILES string of the molecule is CCCOCCC(CNC(C)(C)C)Cc1ccccc1Cl. The molecule has 0 aromatic heterocycles. The van der Waals surface area contributed by atoms with Crippen molar-refractivity contribution in [1.29, 1.82) is 0 Å². The molecule has 1 N–H and O–H groups in total. The molecule has 0 aliphatic carbocycles. The van der Waals surface area contributed by atoms with E-state index < -0.39 is 0 Å². The van der Waals surface area contributed by atoms with Gasteiger partial charge in [-0.25, -0.2) is 0 Å². The topological polar surface area (TPSA) is 21.3 Å². The number of hydrogen-bond acceptors (Lipinski definition) is 2. The summed E-state index contributed by atoms with van der Waals surface area (Å²) in [7, 11) is 0. The first-order valence-electron chi connectivity index (χ1n) is 7.98. The molecule has 0 saturated carbocycles. The fourth-order valence-electron chi connectivity index (χ4n) is 2.20. The van der Waals surface area contributed by atoms with E-state index >= 15 is 0 Å². The van der Waals surface area contributed by atoms with E-state index in [1.807, 2.05) is 12.1 Å². The van der Waals surface area contributed by atoms with Crippen LogP contribution in [0.1, 0.15) is 46.1 Å². The van der Waals surface area contributed by atoms with E-state index in [-0.39, 0.29) is 5.54 Å².